The van der Waals surface area contributed by atoms with Gasteiger partial charge in [-0.15, -0.1) is 0 Å². The van der Waals surface area contributed by atoms with Crippen molar-refractivity contribution in [1.29, 1.82) is 5.26 Å². The van der Waals surface area contributed by atoms with E-state index >= 15 is 0 Å². The third-order valence-electron chi connectivity index (χ3n) is 4.32. The maximum absolute atomic E-state index is 12.8. The minimum absolute atomic E-state index is 0.405. The summed E-state index contributed by atoms with van der Waals surface area (Å²) >= 11 is 3.32. The fourth-order valence-electron chi connectivity index (χ4n) is 2.81. The summed E-state index contributed by atoms with van der Waals surface area (Å²) in [4.78, 5) is 38.3. The second-order valence-corrected chi connectivity index (χ2v) is 7.02. The molecule has 136 valence electrons. The predicted octanol–water partition coefficient (Wildman–Crippen LogP) is 2.73. The molecule has 0 radical (unpaired) electrons. The lowest BCUT2D eigenvalue weighted by molar-refractivity contribution is -0.133. The molecule has 1 heterocycles. The van der Waals surface area contributed by atoms with Crippen LogP contribution in [-0.4, -0.2) is 29.3 Å². The average molecular weight is 427 g/mol. The number of urea groups is 1. The van der Waals surface area contributed by atoms with E-state index in [2.05, 4.69) is 26.6 Å². The van der Waals surface area contributed by atoms with Crippen molar-refractivity contribution in [1.82, 2.24) is 10.2 Å². The van der Waals surface area contributed by atoms with Gasteiger partial charge in [-0.2, -0.15) is 5.26 Å². The topological polar surface area (TPSA) is 102 Å². The normalized spacial score (nSPS) is 18.8. The molecule has 3 rings (SSSR count). The third-order valence-corrected chi connectivity index (χ3v) is 5.01. The van der Waals surface area contributed by atoms with Crippen molar-refractivity contribution in [3.05, 3.63) is 64.1 Å². The molecule has 0 aliphatic carbocycles. The minimum atomic E-state index is -1.29. The molecule has 1 fully saturated rings. The minimum Gasteiger partial charge on any atom is -0.324 e. The summed E-state index contributed by atoms with van der Waals surface area (Å²) in [7, 11) is 0. The molecule has 7 nitrogen and oxygen atoms in total. The molecular weight excluding hydrogens is 412 g/mol. The van der Waals surface area contributed by atoms with Crippen LogP contribution in [0.5, 0.6) is 0 Å². The number of rotatable bonds is 4. The monoisotopic (exact) mass is 426 g/mol. The van der Waals surface area contributed by atoms with Crippen LogP contribution in [-0.2, 0) is 15.1 Å². The first-order valence-corrected chi connectivity index (χ1v) is 8.83. The number of anilines is 1. The number of hydrogen-bond donors (Lipinski definition) is 2. The van der Waals surface area contributed by atoms with Gasteiger partial charge in [0.05, 0.1) is 17.3 Å². The van der Waals surface area contributed by atoms with E-state index in [0.717, 1.165) is 4.90 Å². The number of nitrogens with one attached hydrogen (secondary N) is 2. The molecule has 1 aliphatic heterocycles. The van der Waals surface area contributed by atoms with Crippen LogP contribution in [0.25, 0.3) is 0 Å². The zero-order chi connectivity index (χ0) is 19.6. The second kappa shape index (κ2) is 7.21. The SMILES string of the molecule is CC1(c2ccc(C#N)cc2)NC(=O)N(CC(=O)Nc2ccccc2Br)C1=O. The van der Waals surface area contributed by atoms with Crippen LogP contribution in [0.3, 0.4) is 0 Å². The Morgan fingerprint density at radius 2 is 1.89 bits per heavy atom. The highest BCUT2D eigenvalue weighted by atomic mass is 79.9. The van der Waals surface area contributed by atoms with Gasteiger partial charge in [-0.3, -0.25) is 14.5 Å². The van der Waals surface area contributed by atoms with Gasteiger partial charge in [-0.1, -0.05) is 24.3 Å². The highest BCUT2D eigenvalue weighted by molar-refractivity contribution is 9.10. The quantitative estimate of drug-likeness (QED) is 0.733. The second-order valence-electron chi connectivity index (χ2n) is 6.16. The molecule has 1 saturated heterocycles. The van der Waals surface area contributed by atoms with Crippen LogP contribution in [0.1, 0.15) is 18.1 Å². The van der Waals surface area contributed by atoms with Gasteiger partial charge >= 0.3 is 6.03 Å². The maximum Gasteiger partial charge on any atom is 0.325 e. The number of para-hydroxylation sites is 1. The van der Waals surface area contributed by atoms with Crippen LogP contribution in [0.2, 0.25) is 0 Å². The van der Waals surface area contributed by atoms with Gasteiger partial charge < -0.3 is 10.6 Å². The van der Waals surface area contributed by atoms with Gasteiger partial charge in [0.1, 0.15) is 12.1 Å². The third kappa shape index (κ3) is 3.55. The number of nitrogens with zero attached hydrogens (tertiary/aromatic N) is 2. The molecule has 1 atom stereocenters. The Morgan fingerprint density at radius 1 is 1.22 bits per heavy atom. The highest BCUT2D eigenvalue weighted by Gasteiger charge is 2.49. The smallest absolute Gasteiger partial charge is 0.324 e. The fourth-order valence-corrected chi connectivity index (χ4v) is 3.19. The molecule has 2 N–H and O–H groups in total. The summed E-state index contributed by atoms with van der Waals surface area (Å²) in [6.07, 6.45) is 0. The number of benzene rings is 2. The average Bonchev–Trinajstić information content (AvgIpc) is 2.88. The van der Waals surface area contributed by atoms with Crippen LogP contribution in [0, 0.1) is 11.3 Å². The van der Waals surface area contributed by atoms with E-state index in [1.165, 1.54) is 0 Å². The Hall–Kier alpha value is -3.18. The number of nitriles is 1. The van der Waals surface area contributed by atoms with Gasteiger partial charge in [0, 0.05) is 4.47 Å². The van der Waals surface area contributed by atoms with Crippen LogP contribution < -0.4 is 10.6 Å². The van der Waals surface area contributed by atoms with Crippen molar-refractivity contribution >= 4 is 39.5 Å². The standard InChI is InChI=1S/C19H15BrN4O3/c1-19(13-8-6-12(10-21)7-9-13)17(26)24(18(27)23-19)11-16(25)22-15-5-3-2-4-14(15)20/h2-9H,11H2,1H3,(H,22,25)(H,23,27). The molecule has 4 amide bonds. The molecule has 1 aliphatic rings. The Labute approximate surface area is 164 Å². The summed E-state index contributed by atoms with van der Waals surface area (Å²) in [5.74, 6) is -1.02. The van der Waals surface area contributed by atoms with E-state index in [1.807, 2.05) is 6.07 Å². The van der Waals surface area contributed by atoms with Gasteiger partial charge in [0.15, 0.2) is 0 Å². The van der Waals surface area contributed by atoms with Crippen molar-refractivity contribution in [3.63, 3.8) is 0 Å². The fraction of sp³-hybridized carbons (Fsp3) is 0.158. The Bertz CT molecular complexity index is 968. The summed E-state index contributed by atoms with van der Waals surface area (Å²) in [6, 6.07) is 14.8. The number of carbonyl (C=O) groups excluding carboxylic acids is 3. The lowest BCUT2D eigenvalue weighted by Gasteiger charge is -2.22. The summed E-state index contributed by atoms with van der Waals surface area (Å²) < 4.78 is 0.693. The molecule has 0 saturated carbocycles. The lowest BCUT2D eigenvalue weighted by atomic mass is 9.91. The largest absolute Gasteiger partial charge is 0.325 e. The zero-order valence-corrected chi connectivity index (χ0v) is 15.9. The molecule has 1 unspecified atom stereocenters. The zero-order valence-electron chi connectivity index (χ0n) is 14.3. The predicted molar refractivity (Wildman–Crippen MR) is 102 cm³/mol. The number of hydrogen-bond acceptors (Lipinski definition) is 4. The molecule has 8 heteroatoms. The van der Waals surface area contributed by atoms with E-state index in [9.17, 15) is 14.4 Å². The van der Waals surface area contributed by atoms with Gasteiger partial charge in [0.25, 0.3) is 5.91 Å². The Kier molecular flexibility index (Phi) is 4.97. The van der Waals surface area contributed by atoms with E-state index in [1.54, 1.807) is 55.5 Å². The van der Waals surface area contributed by atoms with E-state index < -0.39 is 29.9 Å². The molecule has 2 aromatic carbocycles. The molecule has 0 aromatic heterocycles. The van der Waals surface area contributed by atoms with Crippen LogP contribution >= 0.6 is 15.9 Å². The first kappa shape index (κ1) is 18.6. The van der Waals surface area contributed by atoms with E-state index in [-0.39, 0.29) is 0 Å². The van der Waals surface area contributed by atoms with Crippen molar-refractivity contribution in [2.75, 3.05) is 11.9 Å². The maximum atomic E-state index is 12.8. The number of carbonyl (C=O) groups is 3. The molecule has 27 heavy (non-hydrogen) atoms. The lowest BCUT2D eigenvalue weighted by Crippen LogP contribution is -2.42. The first-order chi connectivity index (χ1) is 12.8. The summed E-state index contributed by atoms with van der Waals surface area (Å²) in [5.41, 5.74) is 0.236. The van der Waals surface area contributed by atoms with Gasteiger partial charge in [-0.25, -0.2) is 4.79 Å². The van der Waals surface area contributed by atoms with Gasteiger partial charge in [0.2, 0.25) is 5.91 Å². The van der Waals surface area contributed by atoms with Crippen molar-refractivity contribution in [3.8, 4) is 6.07 Å². The van der Waals surface area contributed by atoms with E-state index in [0.29, 0.717) is 21.3 Å². The van der Waals surface area contributed by atoms with Crippen LogP contribution in [0.15, 0.2) is 53.0 Å². The van der Waals surface area contributed by atoms with Crippen LogP contribution in [0.4, 0.5) is 10.5 Å². The highest BCUT2D eigenvalue weighted by Crippen LogP contribution is 2.29. The van der Waals surface area contributed by atoms with Gasteiger partial charge in [-0.05, 0) is 52.7 Å². The van der Waals surface area contributed by atoms with E-state index in [4.69, 9.17) is 5.26 Å². The molecule has 0 spiro atoms. The molecule has 0 bridgehead atoms. The summed E-state index contributed by atoms with van der Waals surface area (Å²) in [6.45, 7) is 1.16. The Morgan fingerprint density at radius 3 is 2.52 bits per heavy atom. The van der Waals surface area contributed by atoms with Crippen molar-refractivity contribution < 1.29 is 14.4 Å². The molecule has 2 aromatic rings. The van der Waals surface area contributed by atoms with Crippen molar-refractivity contribution in [2.45, 2.75) is 12.5 Å². The molecular formula is C19H15BrN4O3. The van der Waals surface area contributed by atoms with Crippen molar-refractivity contribution in [2.24, 2.45) is 0 Å². The number of amides is 4. The Balaban J connectivity index is 1.76. The first-order valence-electron chi connectivity index (χ1n) is 8.04. The summed E-state index contributed by atoms with van der Waals surface area (Å²) in [5, 5.41) is 14.2. The number of halogens is 1. The number of imide groups is 1.